The first-order chi connectivity index (χ1) is 13.7. The van der Waals surface area contributed by atoms with Crippen molar-refractivity contribution < 1.29 is 24.1 Å². The maximum absolute atomic E-state index is 13.1. The molecule has 28 heavy (non-hydrogen) atoms. The maximum atomic E-state index is 13.1. The fraction of sp³-hybridized carbons (Fsp3) is 0.667. The molecule has 4 atom stereocenters. The fourth-order valence-electron chi connectivity index (χ4n) is 5.23. The Morgan fingerprint density at radius 1 is 0.964 bits per heavy atom. The van der Waals surface area contributed by atoms with Gasteiger partial charge in [-0.15, -0.1) is 0 Å². The predicted molar refractivity (Wildman–Crippen MR) is 102 cm³/mol. The van der Waals surface area contributed by atoms with Crippen molar-refractivity contribution in [2.24, 2.45) is 11.8 Å². The average Bonchev–Trinajstić information content (AvgIpc) is 3.15. The molecule has 1 aliphatic carbocycles. The van der Waals surface area contributed by atoms with Gasteiger partial charge in [0.1, 0.15) is 13.2 Å². The summed E-state index contributed by atoms with van der Waals surface area (Å²) in [6.07, 6.45) is 1.41. The van der Waals surface area contributed by atoms with Gasteiger partial charge in [0, 0.05) is 37.8 Å². The topological polar surface area (TPSA) is 71.5 Å². The molecule has 0 unspecified atom stereocenters. The Morgan fingerprint density at radius 2 is 1.68 bits per heavy atom. The molecule has 2 saturated heterocycles. The van der Waals surface area contributed by atoms with Gasteiger partial charge in [-0.1, -0.05) is 0 Å². The number of amides is 1. The molecule has 152 valence electrons. The van der Waals surface area contributed by atoms with E-state index in [1.54, 1.807) is 6.07 Å². The highest BCUT2D eigenvalue weighted by Gasteiger charge is 2.44. The number of nitrogens with zero attached hydrogens (tertiary/aromatic N) is 2. The number of aliphatic hydroxyl groups is 1. The fourth-order valence-corrected chi connectivity index (χ4v) is 5.23. The van der Waals surface area contributed by atoms with Crippen LogP contribution in [-0.4, -0.2) is 85.6 Å². The van der Waals surface area contributed by atoms with Crippen LogP contribution in [0.3, 0.4) is 0 Å². The van der Waals surface area contributed by atoms with E-state index in [2.05, 4.69) is 4.90 Å². The molecule has 7 heteroatoms. The molecule has 0 bridgehead atoms. The molecule has 1 amide bonds. The molecule has 3 fully saturated rings. The molecule has 0 spiro atoms. The number of likely N-dealkylation sites (tertiary alicyclic amines) is 1. The van der Waals surface area contributed by atoms with Gasteiger partial charge in [-0.05, 0) is 42.9 Å². The standard InChI is InChI=1S/C21H28N2O5/c24-18-10-16-13-23(12-15(16)9-17(18)22-3-5-26-6-4-22)21(25)14-1-2-19-20(11-14)28-8-7-27-19/h1-2,11,15-18,24H,3-10,12-13H2/t15-,16+,17-,18-/m1/s1. The number of carbonyl (C=O) groups excluding carboxylic acids is 1. The van der Waals surface area contributed by atoms with E-state index >= 15 is 0 Å². The number of benzene rings is 1. The lowest BCUT2D eigenvalue weighted by molar-refractivity contribution is -0.0520. The molecule has 1 N–H and O–H groups in total. The predicted octanol–water partition coefficient (Wildman–Crippen LogP) is 1.00. The Hall–Kier alpha value is -1.83. The van der Waals surface area contributed by atoms with Crippen LogP contribution in [0.25, 0.3) is 0 Å². The maximum Gasteiger partial charge on any atom is 0.254 e. The Kier molecular flexibility index (Phi) is 4.90. The third-order valence-electron chi connectivity index (χ3n) is 6.70. The second kappa shape index (κ2) is 7.54. The second-order valence-electron chi connectivity index (χ2n) is 8.34. The molecule has 7 nitrogen and oxygen atoms in total. The largest absolute Gasteiger partial charge is 0.486 e. The van der Waals surface area contributed by atoms with Gasteiger partial charge in [-0.25, -0.2) is 0 Å². The average molecular weight is 388 g/mol. The van der Waals surface area contributed by atoms with Crippen LogP contribution in [0, 0.1) is 11.8 Å². The van der Waals surface area contributed by atoms with E-state index < -0.39 is 0 Å². The number of aliphatic hydroxyl groups excluding tert-OH is 1. The van der Waals surface area contributed by atoms with Gasteiger partial charge >= 0.3 is 0 Å². The number of morpholine rings is 1. The van der Waals surface area contributed by atoms with E-state index in [1.807, 2.05) is 17.0 Å². The van der Waals surface area contributed by atoms with Gasteiger partial charge in [-0.2, -0.15) is 0 Å². The number of fused-ring (bicyclic) bond motifs is 2. The van der Waals surface area contributed by atoms with Crippen molar-refractivity contribution >= 4 is 5.91 Å². The van der Waals surface area contributed by atoms with E-state index in [9.17, 15) is 9.90 Å². The van der Waals surface area contributed by atoms with Crippen molar-refractivity contribution in [2.75, 3.05) is 52.6 Å². The minimum atomic E-state index is -0.316. The summed E-state index contributed by atoms with van der Waals surface area (Å²) >= 11 is 0. The van der Waals surface area contributed by atoms with E-state index in [0.29, 0.717) is 42.1 Å². The highest BCUT2D eigenvalue weighted by atomic mass is 16.6. The highest BCUT2D eigenvalue weighted by molar-refractivity contribution is 5.95. The number of ether oxygens (including phenoxy) is 3. The molecular weight excluding hydrogens is 360 g/mol. The Balaban J connectivity index is 1.27. The minimum absolute atomic E-state index is 0.0452. The summed E-state index contributed by atoms with van der Waals surface area (Å²) in [5.74, 6) is 2.24. The first-order valence-corrected chi connectivity index (χ1v) is 10.4. The number of hydrogen-bond donors (Lipinski definition) is 1. The smallest absolute Gasteiger partial charge is 0.254 e. The molecule has 1 aromatic carbocycles. The van der Waals surface area contributed by atoms with Crippen LogP contribution in [0.15, 0.2) is 18.2 Å². The Labute approximate surface area is 165 Å². The lowest BCUT2D eigenvalue weighted by atomic mass is 9.77. The lowest BCUT2D eigenvalue weighted by Gasteiger charge is -2.43. The third-order valence-corrected chi connectivity index (χ3v) is 6.70. The lowest BCUT2D eigenvalue weighted by Crippen LogP contribution is -2.53. The van der Waals surface area contributed by atoms with Gasteiger partial charge in [0.25, 0.3) is 5.91 Å². The second-order valence-corrected chi connectivity index (χ2v) is 8.34. The van der Waals surface area contributed by atoms with Crippen molar-refractivity contribution in [3.63, 3.8) is 0 Å². The molecular formula is C21H28N2O5. The monoisotopic (exact) mass is 388 g/mol. The number of hydrogen-bond acceptors (Lipinski definition) is 6. The number of carbonyl (C=O) groups is 1. The van der Waals surface area contributed by atoms with Gasteiger partial charge in [0.05, 0.1) is 19.3 Å². The van der Waals surface area contributed by atoms with Crippen molar-refractivity contribution in [1.82, 2.24) is 9.80 Å². The van der Waals surface area contributed by atoms with Gasteiger partial charge in [0.15, 0.2) is 11.5 Å². The van der Waals surface area contributed by atoms with E-state index in [0.717, 1.165) is 52.2 Å². The third kappa shape index (κ3) is 3.36. The summed E-state index contributed by atoms with van der Waals surface area (Å²) in [6, 6.07) is 5.63. The summed E-state index contributed by atoms with van der Waals surface area (Å²) < 4.78 is 16.6. The summed E-state index contributed by atoms with van der Waals surface area (Å²) in [6.45, 7) is 5.81. The summed E-state index contributed by atoms with van der Waals surface area (Å²) in [4.78, 5) is 17.4. The van der Waals surface area contributed by atoms with Crippen LogP contribution in [0.2, 0.25) is 0 Å². The SMILES string of the molecule is O=C(c1ccc2c(c1)OCCO2)N1C[C@H]2C[C@@H](N3CCOCC3)[C@H](O)C[C@H]2C1. The molecule has 3 heterocycles. The normalized spacial score (nSPS) is 32.8. The van der Waals surface area contributed by atoms with Gasteiger partial charge < -0.3 is 24.2 Å². The molecule has 5 rings (SSSR count). The molecule has 0 radical (unpaired) electrons. The zero-order valence-corrected chi connectivity index (χ0v) is 16.1. The van der Waals surface area contributed by atoms with Crippen molar-refractivity contribution in [3.8, 4) is 11.5 Å². The molecule has 3 aliphatic heterocycles. The molecule has 1 aromatic rings. The van der Waals surface area contributed by atoms with Crippen molar-refractivity contribution in [1.29, 1.82) is 0 Å². The van der Waals surface area contributed by atoms with Crippen LogP contribution in [0.4, 0.5) is 0 Å². The van der Waals surface area contributed by atoms with E-state index in [-0.39, 0.29) is 18.1 Å². The molecule has 4 aliphatic rings. The van der Waals surface area contributed by atoms with Crippen LogP contribution < -0.4 is 9.47 Å². The first-order valence-electron chi connectivity index (χ1n) is 10.4. The number of rotatable bonds is 2. The molecule has 0 aromatic heterocycles. The molecule has 1 saturated carbocycles. The Bertz CT molecular complexity index is 736. The van der Waals surface area contributed by atoms with Gasteiger partial charge in [-0.3, -0.25) is 9.69 Å². The zero-order valence-electron chi connectivity index (χ0n) is 16.1. The van der Waals surface area contributed by atoms with Crippen molar-refractivity contribution in [2.45, 2.75) is 25.0 Å². The first kappa shape index (κ1) is 18.2. The quantitative estimate of drug-likeness (QED) is 0.815. The summed E-state index contributed by atoms with van der Waals surface area (Å²) in [5, 5.41) is 10.7. The van der Waals surface area contributed by atoms with Crippen LogP contribution in [0.5, 0.6) is 11.5 Å². The van der Waals surface area contributed by atoms with E-state index in [1.165, 1.54) is 0 Å². The van der Waals surface area contributed by atoms with Crippen LogP contribution >= 0.6 is 0 Å². The van der Waals surface area contributed by atoms with Crippen LogP contribution in [-0.2, 0) is 4.74 Å². The minimum Gasteiger partial charge on any atom is -0.486 e. The Morgan fingerprint density at radius 3 is 2.46 bits per heavy atom. The van der Waals surface area contributed by atoms with Gasteiger partial charge in [0.2, 0.25) is 0 Å². The van der Waals surface area contributed by atoms with E-state index in [4.69, 9.17) is 14.2 Å². The van der Waals surface area contributed by atoms with Crippen molar-refractivity contribution in [3.05, 3.63) is 23.8 Å². The summed E-state index contributed by atoms with van der Waals surface area (Å²) in [7, 11) is 0. The van der Waals surface area contributed by atoms with Crippen LogP contribution in [0.1, 0.15) is 23.2 Å². The summed E-state index contributed by atoms with van der Waals surface area (Å²) in [5.41, 5.74) is 0.646. The zero-order chi connectivity index (χ0) is 19.1. The highest BCUT2D eigenvalue weighted by Crippen LogP contribution is 2.39.